The number of piperazine rings is 1. The first-order valence-corrected chi connectivity index (χ1v) is 6.23. The lowest BCUT2D eigenvalue weighted by atomic mass is 10.2. The van der Waals surface area contributed by atoms with Crippen LogP contribution in [0.25, 0.3) is 0 Å². The van der Waals surface area contributed by atoms with E-state index in [1.165, 1.54) is 7.11 Å². The van der Waals surface area contributed by atoms with Gasteiger partial charge < -0.3 is 10.1 Å². The van der Waals surface area contributed by atoms with Gasteiger partial charge in [0.1, 0.15) is 6.04 Å². The summed E-state index contributed by atoms with van der Waals surface area (Å²) in [6.07, 6.45) is 0. The van der Waals surface area contributed by atoms with Crippen molar-refractivity contribution in [3.8, 4) is 0 Å². The largest absolute Gasteiger partial charge is 0.468 e. The normalized spacial score (nSPS) is 24.6. The Bertz CT molecular complexity index is 318. The molecule has 1 saturated heterocycles. The van der Waals surface area contributed by atoms with Crippen molar-refractivity contribution in [1.29, 1.82) is 0 Å². The third-order valence-corrected chi connectivity index (χ3v) is 3.48. The SMILES string of the molecule is COC(=O)C1CNCCN1S(=O)(=O)Cl. The zero-order chi connectivity index (χ0) is 10.8. The minimum Gasteiger partial charge on any atom is -0.468 e. The molecule has 14 heavy (non-hydrogen) atoms. The second-order valence-electron chi connectivity index (χ2n) is 2.80. The van der Waals surface area contributed by atoms with Gasteiger partial charge in [0.25, 0.3) is 0 Å². The number of nitrogens with one attached hydrogen (secondary N) is 1. The van der Waals surface area contributed by atoms with Gasteiger partial charge in [-0.15, -0.1) is 0 Å². The Hall–Kier alpha value is -0.370. The van der Waals surface area contributed by atoms with Gasteiger partial charge in [0, 0.05) is 30.3 Å². The van der Waals surface area contributed by atoms with Crippen LogP contribution in [0.2, 0.25) is 0 Å². The average Bonchev–Trinajstić information content (AvgIpc) is 2.15. The Morgan fingerprint density at radius 1 is 1.64 bits per heavy atom. The van der Waals surface area contributed by atoms with Crippen molar-refractivity contribution in [3.63, 3.8) is 0 Å². The van der Waals surface area contributed by atoms with Crippen LogP contribution in [0.15, 0.2) is 0 Å². The minimum absolute atomic E-state index is 0.172. The second kappa shape index (κ2) is 4.43. The van der Waals surface area contributed by atoms with Crippen molar-refractivity contribution in [2.45, 2.75) is 6.04 Å². The van der Waals surface area contributed by atoms with Gasteiger partial charge in [0.2, 0.25) is 0 Å². The highest BCUT2D eigenvalue weighted by Gasteiger charge is 2.36. The van der Waals surface area contributed by atoms with E-state index in [2.05, 4.69) is 10.1 Å². The van der Waals surface area contributed by atoms with E-state index in [9.17, 15) is 13.2 Å². The maximum absolute atomic E-state index is 11.2. The number of hydrogen-bond donors (Lipinski definition) is 1. The summed E-state index contributed by atoms with van der Waals surface area (Å²) < 4.78 is 27.5. The van der Waals surface area contributed by atoms with E-state index < -0.39 is 21.2 Å². The highest BCUT2D eigenvalue weighted by molar-refractivity contribution is 8.11. The fourth-order valence-electron chi connectivity index (χ4n) is 1.28. The predicted octanol–water partition coefficient (Wildman–Crippen LogP) is -1.08. The van der Waals surface area contributed by atoms with E-state index in [0.717, 1.165) is 4.31 Å². The molecule has 1 aliphatic heterocycles. The number of ether oxygens (including phenoxy) is 1. The van der Waals surface area contributed by atoms with Gasteiger partial charge in [0.15, 0.2) is 0 Å². The maximum Gasteiger partial charge on any atom is 0.325 e. The van der Waals surface area contributed by atoms with Crippen molar-refractivity contribution >= 4 is 25.9 Å². The molecular formula is C6H11ClN2O4S. The maximum atomic E-state index is 11.2. The second-order valence-corrected chi connectivity index (χ2v) is 5.26. The molecule has 1 N–H and O–H groups in total. The zero-order valence-corrected chi connectivity index (χ0v) is 9.14. The van der Waals surface area contributed by atoms with Crippen molar-refractivity contribution in [3.05, 3.63) is 0 Å². The molecule has 1 rings (SSSR count). The Balaban J connectivity index is 2.85. The van der Waals surface area contributed by atoms with Crippen LogP contribution in [-0.2, 0) is 18.8 Å². The van der Waals surface area contributed by atoms with Crippen LogP contribution in [-0.4, -0.2) is 51.5 Å². The van der Waals surface area contributed by atoms with Crippen LogP contribution in [0, 0.1) is 0 Å². The number of methoxy groups -OCH3 is 1. The summed E-state index contributed by atoms with van der Waals surface area (Å²) in [6, 6.07) is -0.865. The van der Waals surface area contributed by atoms with Gasteiger partial charge in [-0.3, -0.25) is 4.79 Å². The molecule has 0 radical (unpaired) electrons. The van der Waals surface area contributed by atoms with Gasteiger partial charge in [-0.05, 0) is 0 Å². The molecule has 0 spiro atoms. The van der Waals surface area contributed by atoms with Gasteiger partial charge in [-0.2, -0.15) is 12.7 Å². The van der Waals surface area contributed by atoms with Crippen LogP contribution < -0.4 is 5.32 Å². The number of carbonyl (C=O) groups is 1. The lowest BCUT2D eigenvalue weighted by Gasteiger charge is -2.30. The average molecular weight is 243 g/mol. The minimum atomic E-state index is -3.87. The Labute approximate surface area is 86.7 Å². The van der Waals surface area contributed by atoms with E-state index in [1.807, 2.05) is 0 Å². The molecule has 0 bridgehead atoms. The summed E-state index contributed by atoms with van der Waals surface area (Å²) in [4.78, 5) is 11.2. The fraction of sp³-hybridized carbons (Fsp3) is 0.833. The molecule has 1 aliphatic rings. The summed E-state index contributed by atoms with van der Waals surface area (Å²) >= 11 is 0. The van der Waals surface area contributed by atoms with Crippen molar-refractivity contribution in [2.75, 3.05) is 26.7 Å². The number of halogens is 1. The lowest BCUT2D eigenvalue weighted by Crippen LogP contribution is -2.56. The monoisotopic (exact) mass is 242 g/mol. The number of nitrogens with zero attached hydrogens (tertiary/aromatic N) is 1. The summed E-state index contributed by atoms with van der Waals surface area (Å²) in [6.45, 7) is 0.865. The van der Waals surface area contributed by atoms with Crippen LogP contribution >= 0.6 is 10.7 Å². The van der Waals surface area contributed by atoms with Crippen LogP contribution in [0.5, 0.6) is 0 Å². The third kappa shape index (κ3) is 2.57. The topological polar surface area (TPSA) is 75.7 Å². The Morgan fingerprint density at radius 3 is 2.79 bits per heavy atom. The van der Waals surface area contributed by atoms with Crippen molar-refractivity contribution < 1.29 is 17.9 Å². The molecule has 1 heterocycles. The Morgan fingerprint density at radius 2 is 2.29 bits per heavy atom. The highest BCUT2D eigenvalue weighted by atomic mass is 35.7. The lowest BCUT2D eigenvalue weighted by molar-refractivity contribution is -0.145. The number of rotatable bonds is 2. The molecule has 82 valence electrons. The van der Waals surface area contributed by atoms with E-state index in [-0.39, 0.29) is 13.1 Å². The number of hydrogen-bond acceptors (Lipinski definition) is 5. The van der Waals surface area contributed by atoms with E-state index >= 15 is 0 Å². The predicted molar refractivity (Wildman–Crippen MR) is 50.2 cm³/mol. The van der Waals surface area contributed by atoms with Gasteiger partial charge in [-0.1, -0.05) is 0 Å². The highest BCUT2D eigenvalue weighted by Crippen LogP contribution is 2.14. The molecule has 8 heteroatoms. The number of carbonyl (C=O) groups excluding carboxylic acids is 1. The molecule has 6 nitrogen and oxygen atoms in total. The third-order valence-electron chi connectivity index (χ3n) is 1.95. The quantitative estimate of drug-likeness (QED) is 0.492. The summed E-state index contributed by atoms with van der Waals surface area (Å²) in [5.74, 6) is -0.610. The standard InChI is InChI=1S/C6H11ClN2O4S/c1-13-6(10)5-4-8-2-3-9(5)14(7,11)12/h5,8H,2-4H2,1H3. The first-order valence-electron chi connectivity index (χ1n) is 3.97. The molecule has 0 amide bonds. The Kier molecular flexibility index (Phi) is 3.71. The molecule has 0 aromatic carbocycles. The molecule has 0 aliphatic carbocycles. The first-order chi connectivity index (χ1) is 6.46. The molecule has 1 atom stereocenters. The molecule has 1 fully saturated rings. The molecular weight excluding hydrogens is 232 g/mol. The molecule has 0 aromatic rings. The molecule has 0 saturated carbocycles. The number of esters is 1. The summed E-state index contributed by atoms with van der Waals surface area (Å²) in [5.41, 5.74) is 0. The summed E-state index contributed by atoms with van der Waals surface area (Å²) in [5, 5.41) is 2.89. The van der Waals surface area contributed by atoms with Gasteiger partial charge in [-0.25, -0.2) is 0 Å². The van der Waals surface area contributed by atoms with E-state index in [1.54, 1.807) is 0 Å². The first kappa shape index (κ1) is 11.7. The van der Waals surface area contributed by atoms with Gasteiger partial charge in [0.05, 0.1) is 7.11 Å². The van der Waals surface area contributed by atoms with Crippen LogP contribution in [0.1, 0.15) is 0 Å². The van der Waals surface area contributed by atoms with Crippen LogP contribution in [0.3, 0.4) is 0 Å². The zero-order valence-electron chi connectivity index (χ0n) is 7.57. The van der Waals surface area contributed by atoms with E-state index in [0.29, 0.717) is 6.54 Å². The molecule has 1 unspecified atom stereocenters. The van der Waals surface area contributed by atoms with Crippen molar-refractivity contribution in [2.24, 2.45) is 0 Å². The fourth-order valence-corrected chi connectivity index (χ4v) is 2.55. The van der Waals surface area contributed by atoms with Crippen LogP contribution in [0.4, 0.5) is 0 Å². The van der Waals surface area contributed by atoms with Crippen molar-refractivity contribution in [1.82, 2.24) is 9.62 Å². The molecule has 0 aromatic heterocycles. The van der Waals surface area contributed by atoms with E-state index in [4.69, 9.17) is 10.7 Å². The summed E-state index contributed by atoms with van der Waals surface area (Å²) in [7, 11) is 2.51. The van der Waals surface area contributed by atoms with Gasteiger partial charge >= 0.3 is 15.2 Å². The smallest absolute Gasteiger partial charge is 0.325 e.